The number of nitrogens with zero attached hydrogens (tertiary/aromatic N) is 2. The van der Waals surface area contributed by atoms with E-state index in [2.05, 4.69) is 20.5 Å². The summed E-state index contributed by atoms with van der Waals surface area (Å²) in [6, 6.07) is 2.21. The van der Waals surface area contributed by atoms with Gasteiger partial charge in [0.2, 0.25) is 0 Å². The van der Waals surface area contributed by atoms with Crippen molar-refractivity contribution in [2.24, 2.45) is 11.8 Å². The molecular weight excluding hydrogens is 298 g/mol. The highest BCUT2D eigenvalue weighted by molar-refractivity contribution is 7.22. The number of piperidine rings is 1. The number of rotatable bonds is 2. The molecule has 0 bridgehead atoms. The minimum absolute atomic E-state index is 0.0386. The molecule has 1 unspecified atom stereocenters. The van der Waals surface area contributed by atoms with Gasteiger partial charge in [-0.05, 0) is 37.8 Å². The van der Waals surface area contributed by atoms with Crippen LogP contribution in [0.25, 0.3) is 20.7 Å². The minimum Gasteiger partial charge on any atom is -0.308 e. The molecule has 3 N–H and O–H groups in total. The zero-order valence-corrected chi connectivity index (χ0v) is 12.8. The van der Waals surface area contributed by atoms with Gasteiger partial charge in [0.25, 0.3) is 5.56 Å². The molecule has 3 aromatic rings. The largest absolute Gasteiger partial charge is 0.308 e. The molecule has 4 heterocycles. The van der Waals surface area contributed by atoms with Crippen LogP contribution in [-0.4, -0.2) is 26.7 Å². The lowest BCUT2D eigenvalue weighted by Gasteiger charge is -2.11. The molecule has 2 aliphatic rings. The van der Waals surface area contributed by atoms with Gasteiger partial charge in [0.05, 0.1) is 17.8 Å². The van der Waals surface area contributed by atoms with Crippen molar-refractivity contribution in [3.05, 3.63) is 34.1 Å². The lowest BCUT2D eigenvalue weighted by molar-refractivity contribution is 0.532. The molecule has 0 amide bonds. The molecule has 3 atom stereocenters. The van der Waals surface area contributed by atoms with Crippen LogP contribution in [0, 0.1) is 18.8 Å². The highest BCUT2D eigenvalue weighted by Gasteiger charge is 2.49. The quantitative estimate of drug-likeness (QED) is 0.675. The zero-order chi connectivity index (χ0) is 14.8. The van der Waals surface area contributed by atoms with E-state index in [1.807, 2.05) is 13.0 Å². The lowest BCUT2D eigenvalue weighted by atomic mass is 10.2. The number of hydrogen-bond acceptors (Lipinski definition) is 5. The van der Waals surface area contributed by atoms with Crippen LogP contribution >= 0.6 is 11.3 Å². The molecule has 0 radical (unpaired) electrons. The molecule has 5 rings (SSSR count). The highest BCUT2D eigenvalue weighted by Crippen LogP contribution is 2.50. The first-order chi connectivity index (χ1) is 10.7. The molecule has 1 saturated heterocycles. The Balaban J connectivity index is 1.64. The van der Waals surface area contributed by atoms with Gasteiger partial charge in [-0.2, -0.15) is 5.10 Å². The van der Waals surface area contributed by atoms with Gasteiger partial charge in [0, 0.05) is 16.1 Å². The van der Waals surface area contributed by atoms with E-state index in [4.69, 9.17) is 4.98 Å². The monoisotopic (exact) mass is 313 g/mol. The molecule has 2 fully saturated rings. The fraction of sp³-hybridized carbons (Fsp3) is 0.400. The Morgan fingerprint density at radius 3 is 3.00 bits per heavy atom. The number of hydrogen-bond donors (Lipinski definition) is 3. The molecule has 112 valence electrons. The Morgan fingerprint density at radius 2 is 2.32 bits per heavy atom. The van der Waals surface area contributed by atoms with Crippen LogP contribution in [0.2, 0.25) is 0 Å². The maximum atomic E-state index is 12.4. The number of H-pyrrole nitrogens is 2. The first kappa shape index (κ1) is 12.5. The first-order valence-electron chi connectivity index (χ1n) is 7.48. The van der Waals surface area contributed by atoms with Gasteiger partial charge >= 0.3 is 0 Å². The van der Waals surface area contributed by atoms with Crippen LogP contribution in [0.15, 0.2) is 17.1 Å². The molecule has 1 saturated carbocycles. The normalized spacial score (nSPS) is 26.5. The topological polar surface area (TPSA) is 86.5 Å². The van der Waals surface area contributed by atoms with E-state index >= 15 is 0 Å². The molecule has 7 heteroatoms. The van der Waals surface area contributed by atoms with E-state index in [9.17, 15) is 4.79 Å². The van der Waals surface area contributed by atoms with Crippen molar-refractivity contribution in [2.45, 2.75) is 19.4 Å². The molecule has 1 aliphatic carbocycles. The smallest absolute Gasteiger partial charge is 0.268 e. The zero-order valence-electron chi connectivity index (χ0n) is 12.0. The third-order valence-electron chi connectivity index (χ3n) is 4.80. The lowest BCUT2D eigenvalue weighted by Crippen LogP contribution is -2.23. The number of thiophene rings is 1. The van der Waals surface area contributed by atoms with Crippen molar-refractivity contribution in [3.63, 3.8) is 0 Å². The second-order valence-corrected chi connectivity index (χ2v) is 7.28. The van der Waals surface area contributed by atoms with Crippen LogP contribution in [0.1, 0.15) is 24.0 Å². The summed E-state index contributed by atoms with van der Waals surface area (Å²) in [7, 11) is 0. The summed E-state index contributed by atoms with van der Waals surface area (Å²) in [6.45, 7) is 3.02. The second kappa shape index (κ2) is 4.27. The summed E-state index contributed by atoms with van der Waals surface area (Å²) < 4.78 is 0.685. The third-order valence-corrected chi connectivity index (χ3v) is 5.95. The minimum atomic E-state index is -0.0386. The molecule has 0 spiro atoms. The van der Waals surface area contributed by atoms with E-state index in [-0.39, 0.29) is 11.6 Å². The number of aromatic amines is 2. The SMILES string of the molecule is Cc1[nH]ncc1-c1cc2nc([C@H]3NCC4C[C@H]43)[nH]c(=O)c2s1. The average molecular weight is 313 g/mol. The van der Waals surface area contributed by atoms with Crippen LogP contribution in [0.3, 0.4) is 0 Å². The standard InChI is InChI=1S/C15H15N5OS/c1-6-9(5-17-20-6)11-3-10-13(22-11)15(21)19-14(18-10)12-8-2-7(8)4-16-12/h3,5,7-8,12,16H,2,4H2,1H3,(H,17,20)(H,18,19,21)/t7?,8-,12+/m1/s1. The molecule has 1 aliphatic heterocycles. The summed E-state index contributed by atoms with van der Waals surface area (Å²) in [5.74, 6) is 2.21. The van der Waals surface area contributed by atoms with Crippen LogP contribution in [0.5, 0.6) is 0 Å². The van der Waals surface area contributed by atoms with Crippen LogP contribution < -0.4 is 10.9 Å². The molecule has 0 aromatic carbocycles. The molecule has 22 heavy (non-hydrogen) atoms. The van der Waals surface area contributed by atoms with Gasteiger partial charge in [0.1, 0.15) is 10.5 Å². The third kappa shape index (κ3) is 1.72. The Kier molecular flexibility index (Phi) is 2.43. The summed E-state index contributed by atoms with van der Waals surface area (Å²) >= 11 is 1.47. The van der Waals surface area contributed by atoms with Gasteiger partial charge in [-0.15, -0.1) is 11.3 Å². The molecule has 6 nitrogen and oxygen atoms in total. The Labute approximate surface area is 130 Å². The predicted octanol–water partition coefficient (Wildman–Crippen LogP) is 1.96. The highest BCUT2D eigenvalue weighted by atomic mass is 32.1. The fourth-order valence-corrected chi connectivity index (χ4v) is 4.54. The number of aromatic nitrogens is 4. The maximum absolute atomic E-state index is 12.4. The van der Waals surface area contributed by atoms with E-state index in [1.54, 1.807) is 6.20 Å². The van der Waals surface area contributed by atoms with Gasteiger partial charge in [-0.25, -0.2) is 4.98 Å². The second-order valence-electron chi connectivity index (χ2n) is 6.23. The maximum Gasteiger partial charge on any atom is 0.268 e. The van der Waals surface area contributed by atoms with E-state index < -0.39 is 0 Å². The van der Waals surface area contributed by atoms with Gasteiger partial charge in [-0.3, -0.25) is 9.89 Å². The van der Waals surface area contributed by atoms with E-state index in [0.717, 1.165) is 39.9 Å². The van der Waals surface area contributed by atoms with Crippen molar-refractivity contribution in [1.82, 2.24) is 25.5 Å². The van der Waals surface area contributed by atoms with Crippen molar-refractivity contribution < 1.29 is 0 Å². The molecular formula is C15H15N5OS. The summed E-state index contributed by atoms with van der Waals surface area (Å²) in [5.41, 5.74) is 2.78. The Hall–Kier alpha value is -1.99. The average Bonchev–Trinajstić information content (AvgIpc) is 2.89. The number of fused-ring (bicyclic) bond motifs is 2. The first-order valence-corrected chi connectivity index (χ1v) is 8.30. The van der Waals surface area contributed by atoms with Crippen molar-refractivity contribution >= 4 is 21.6 Å². The predicted molar refractivity (Wildman–Crippen MR) is 84.9 cm³/mol. The van der Waals surface area contributed by atoms with Crippen molar-refractivity contribution in [2.75, 3.05) is 6.54 Å². The van der Waals surface area contributed by atoms with Crippen LogP contribution in [0.4, 0.5) is 0 Å². The summed E-state index contributed by atoms with van der Waals surface area (Å²) in [4.78, 5) is 21.1. The fourth-order valence-electron chi connectivity index (χ4n) is 3.48. The molecule has 3 aromatic heterocycles. The van der Waals surface area contributed by atoms with E-state index in [0.29, 0.717) is 10.6 Å². The van der Waals surface area contributed by atoms with Gasteiger partial charge in [-0.1, -0.05) is 0 Å². The Morgan fingerprint density at radius 1 is 1.41 bits per heavy atom. The summed E-state index contributed by atoms with van der Waals surface area (Å²) in [6.07, 6.45) is 3.05. The van der Waals surface area contributed by atoms with Crippen molar-refractivity contribution in [3.8, 4) is 10.4 Å². The van der Waals surface area contributed by atoms with Gasteiger partial charge in [0.15, 0.2) is 0 Å². The van der Waals surface area contributed by atoms with Gasteiger partial charge < -0.3 is 10.3 Å². The Bertz CT molecular complexity index is 939. The number of nitrogens with one attached hydrogen (secondary N) is 3. The van der Waals surface area contributed by atoms with Crippen LogP contribution in [-0.2, 0) is 0 Å². The van der Waals surface area contributed by atoms with E-state index in [1.165, 1.54) is 17.8 Å². The summed E-state index contributed by atoms with van der Waals surface area (Å²) in [5, 5.41) is 10.4. The number of aryl methyl sites for hydroxylation is 1. The van der Waals surface area contributed by atoms with Crippen molar-refractivity contribution in [1.29, 1.82) is 0 Å².